The molecule has 0 radical (unpaired) electrons. The Morgan fingerprint density at radius 1 is 0.574 bits per heavy atom. The topological polar surface area (TPSA) is 0 Å². The summed E-state index contributed by atoms with van der Waals surface area (Å²) in [5.74, 6) is 0. The second-order valence-corrected chi connectivity index (χ2v) is 16.6. The predicted molar refractivity (Wildman–Crippen MR) is 267 cm³/mol. The lowest BCUT2D eigenvalue weighted by Crippen LogP contribution is -2.26. The highest BCUT2D eigenvalue weighted by Gasteiger charge is 2.53. The quantitative estimate of drug-likeness (QED) is 0.163. The molecule has 0 amide bonds. The fourth-order valence-corrected chi connectivity index (χ4v) is 11.1. The number of fused-ring (bicyclic) bond motifs is 14. The maximum Gasteiger partial charge on any atom is 0.0731 e. The molecule has 0 heterocycles. The lowest BCUT2D eigenvalue weighted by atomic mass is 9.68. The van der Waals surface area contributed by atoms with Crippen molar-refractivity contribution in [3.05, 3.63) is 214 Å². The minimum atomic E-state index is -0.473. The zero-order valence-electron chi connectivity index (χ0n) is 35.8. The molecular weight excluding hydrogens is 733 g/mol. The van der Waals surface area contributed by atoms with Gasteiger partial charge >= 0.3 is 0 Å². The van der Waals surface area contributed by atoms with E-state index in [-0.39, 0.29) is 0 Å². The number of rotatable bonds is 5. The standard InChI is InChI=1S/C59H44.C2H6/c1-7-37-27-30-45(48-29-22-36(6)55(35(4)5)56(37)48)39-25-23-38(24-26-39)42-28-31-49-50(32-42)43(8-2)44(9-3)57-51-33-40-16-10-11-17-41(40)34-54(51)59(58(49)57)52-20-14-12-18-46(52)47-19-13-15-21-53(47)59;1-2/h7-10,12-16,18-34H,1-3,6,11,17H2,4-5H3;1-2H3. The highest BCUT2D eigenvalue weighted by atomic mass is 14.5. The van der Waals surface area contributed by atoms with Crippen molar-refractivity contribution in [3.63, 3.8) is 0 Å². The Balaban J connectivity index is 0.00000220. The van der Waals surface area contributed by atoms with Gasteiger partial charge in [0.25, 0.3) is 0 Å². The average Bonchev–Trinajstić information content (AvgIpc) is 3.77. The summed E-state index contributed by atoms with van der Waals surface area (Å²) in [4.78, 5) is 0. The third-order valence-corrected chi connectivity index (χ3v) is 13.5. The molecule has 0 fully saturated rings. The van der Waals surface area contributed by atoms with Gasteiger partial charge in [0.1, 0.15) is 0 Å². The van der Waals surface area contributed by atoms with Crippen LogP contribution in [-0.2, 0) is 11.8 Å². The van der Waals surface area contributed by atoms with Crippen LogP contribution in [0.25, 0.3) is 103 Å². The van der Waals surface area contributed by atoms with Gasteiger partial charge in [0.05, 0.1) is 5.41 Å². The van der Waals surface area contributed by atoms with Crippen LogP contribution in [0.2, 0.25) is 0 Å². The molecule has 0 aliphatic heterocycles. The Morgan fingerprint density at radius 2 is 1.23 bits per heavy atom. The second-order valence-electron chi connectivity index (χ2n) is 16.6. The fraction of sp³-hybridized carbons (Fsp3) is 0.115. The smallest absolute Gasteiger partial charge is 0.0731 e. The molecule has 3 aliphatic rings. The summed E-state index contributed by atoms with van der Waals surface area (Å²) in [7, 11) is 0. The molecular formula is C61H50. The van der Waals surface area contributed by atoms with E-state index in [1.807, 2.05) is 26.0 Å². The average molecular weight is 783 g/mol. The summed E-state index contributed by atoms with van der Waals surface area (Å²) >= 11 is 0. The van der Waals surface area contributed by atoms with Gasteiger partial charge in [0, 0.05) is 0 Å². The summed E-state index contributed by atoms with van der Waals surface area (Å²) in [6.45, 7) is 25.8. The lowest BCUT2D eigenvalue weighted by Gasteiger charge is -2.32. The summed E-state index contributed by atoms with van der Waals surface area (Å²) in [5, 5.41) is 7.14. The van der Waals surface area contributed by atoms with Crippen molar-refractivity contribution < 1.29 is 0 Å². The second kappa shape index (κ2) is 14.6. The molecule has 0 heteroatoms. The maximum atomic E-state index is 4.49. The fourth-order valence-electron chi connectivity index (χ4n) is 11.1. The van der Waals surface area contributed by atoms with Crippen molar-refractivity contribution in [2.45, 2.75) is 46.0 Å². The van der Waals surface area contributed by atoms with Crippen LogP contribution in [0.15, 0.2) is 153 Å². The first-order chi connectivity index (χ1) is 29.9. The van der Waals surface area contributed by atoms with Crippen LogP contribution in [-0.4, -0.2) is 0 Å². The lowest BCUT2D eigenvalue weighted by molar-refractivity contribution is 0.797. The highest BCUT2D eigenvalue weighted by molar-refractivity contribution is 6.11. The predicted octanol–water partition coefficient (Wildman–Crippen LogP) is 15.2. The van der Waals surface area contributed by atoms with Crippen molar-refractivity contribution in [1.29, 1.82) is 0 Å². The summed E-state index contributed by atoms with van der Waals surface area (Å²) in [6.07, 6.45) is 12.8. The van der Waals surface area contributed by atoms with Crippen molar-refractivity contribution >= 4 is 58.0 Å². The van der Waals surface area contributed by atoms with Crippen molar-refractivity contribution in [2.24, 2.45) is 0 Å². The number of aryl methyl sites for hydroxylation is 1. The first-order valence-electron chi connectivity index (χ1n) is 21.8. The Morgan fingerprint density at radius 3 is 1.90 bits per heavy atom. The summed E-state index contributed by atoms with van der Waals surface area (Å²) in [6, 6.07) is 48.2. The number of hydrogen-bond donors (Lipinski definition) is 0. The van der Waals surface area contributed by atoms with Gasteiger partial charge in [-0.1, -0.05) is 191 Å². The van der Waals surface area contributed by atoms with E-state index in [1.165, 1.54) is 110 Å². The molecule has 0 saturated carbocycles. The van der Waals surface area contributed by atoms with Crippen molar-refractivity contribution in [2.75, 3.05) is 0 Å². The van der Waals surface area contributed by atoms with E-state index in [9.17, 15) is 0 Å². The van der Waals surface area contributed by atoms with Crippen LogP contribution in [0.5, 0.6) is 0 Å². The van der Waals surface area contributed by atoms with E-state index in [4.69, 9.17) is 0 Å². The molecule has 0 saturated heterocycles. The Kier molecular flexibility index (Phi) is 9.15. The van der Waals surface area contributed by atoms with Gasteiger partial charge in [-0.05, 0) is 165 Å². The molecule has 1 spiro atoms. The molecule has 0 aromatic heterocycles. The Labute approximate surface area is 360 Å². The molecule has 0 atom stereocenters. The van der Waals surface area contributed by atoms with Crippen molar-refractivity contribution in [3.8, 4) is 44.5 Å². The summed E-state index contributed by atoms with van der Waals surface area (Å²) in [5.41, 5.74) is 22.3. The first kappa shape index (κ1) is 38.2. The van der Waals surface area contributed by atoms with E-state index >= 15 is 0 Å². The van der Waals surface area contributed by atoms with Gasteiger partial charge in [-0.2, -0.15) is 0 Å². The molecule has 0 unspecified atom stereocenters. The van der Waals surface area contributed by atoms with Gasteiger partial charge in [-0.15, -0.1) is 0 Å². The molecule has 11 rings (SSSR count). The SMILES string of the molecule is C=Cc1c2c(c3ccc(-c4ccc(-c5ccc(C=C)c6c(=C(C)C)c(=C)ccc56)cc4)cc3c1C=C)C1(c3ccccc3-c3ccccc31)c1cc3c(cc1-2)C=CCC3.CC. The van der Waals surface area contributed by atoms with E-state index in [2.05, 4.69) is 186 Å². The van der Waals surface area contributed by atoms with E-state index < -0.39 is 5.41 Å². The third kappa shape index (κ3) is 5.31. The molecule has 8 aromatic rings. The number of allylic oxidation sites excluding steroid dienone is 1. The Bertz CT molecular complexity index is 3300. The monoisotopic (exact) mass is 782 g/mol. The van der Waals surface area contributed by atoms with Crippen LogP contribution < -0.4 is 10.4 Å². The zero-order valence-corrected chi connectivity index (χ0v) is 35.8. The van der Waals surface area contributed by atoms with Crippen LogP contribution >= 0.6 is 0 Å². The first-order valence-corrected chi connectivity index (χ1v) is 21.8. The number of hydrogen-bond acceptors (Lipinski definition) is 0. The third-order valence-electron chi connectivity index (χ3n) is 13.5. The molecule has 0 bridgehead atoms. The molecule has 0 nitrogen and oxygen atoms in total. The molecule has 8 aromatic carbocycles. The minimum absolute atomic E-state index is 0.473. The largest absolute Gasteiger partial charge is 0.0984 e. The highest BCUT2D eigenvalue weighted by Crippen LogP contribution is 2.65. The molecule has 61 heavy (non-hydrogen) atoms. The van der Waals surface area contributed by atoms with E-state index in [1.54, 1.807) is 0 Å². The molecule has 3 aliphatic carbocycles. The zero-order chi connectivity index (χ0) is 42.2. The summed E-state index contributed by atoms with van der Waals surface area (Å²) < 4.78 is 0. The van der Waals surface area contributed by atoms with Crippen LogP contribution in [0.3, 0.4) is 0 Å². The van der Waals surface area contributed by atoms with E-state index in [0.29, 0.717) is 0 Å². The number of benzene rings is 8. The van der Waals surface area contributed by atoms with Gasteiger partial charge in [0.2, 0.25) is 0 Å². The van der Waals surface area contributed by atoms with Crippen LogP contribution in [0.1, 0.15) is 84.2 Å². The van der Waals surface area contributed by atoms with Crippen molar-refractivity contribution in [1.82, 2.24) is 0 Å². The minimum Gasteiger partial charge on any atom is -0.0984 e. The van der Waals surface area contributed by atoms with Gasteiger partial charge in [0.15, 0.2) is 0 Å². The normalized spacial score (nSPS) is 13.4. The van der Waals surface area contributed by atoms with Gasteiger partial charge < -0.3 is 0 Å². The molecule has 0 N–H and O–H groups in total. The maximum absolute atomic E-state index is 4.49. The van der Waals surface area contributed by atoms with Crippen LogP contribution in [0.4, 0.5) is 0 Å². The Hall–Kier alpha value is -7.02. The van der Waals surface area contributed by atoms with E-state index in [0.717, 1.165) is 34.8 Å². The van der Waals surface area contributed by atoms with Gasteiger partial charge in [-0.25, -0.2) is 0 Å². The molecule has 294 valence electrons. The van der Waals surface area contributed by atoms with Crippen LogP contribution in [0, 0.1) is 0 Å². The van der Waals surface area contributed by atoms with Gasteiger partial charge in [-0.3, -0.25) is 0 Å².